The van der Waals surface area contributed by atoms with Crippen molar-refractivity contribution in [3.05, 3.63) is 52.7 Å². The summed E-state index contributed by atoms with van der Waals surface area (Å²) in [6.07, 6.45) is 1.08. The molecule has 9 nitrogen and oxygen atoms in total. The fraction of sp³-hybridized carbons (Fsp3) is 0.370. The third kappa shape index (κ3) is 3.66. The van der Waals surface area contributed by atoms with Crippen molar-refractivity contribution in [3.8, 4) is 11.3 Å². The van der Waals surface area contributed by atoms with E-state index in [1.165, 1.54) is 0 Å². The van der Waals surface area contributed by atoms with Crippen LogP contribution in [0.5, 0.6) is 0 Å². The highest BCUT2D eigenvalue weighted by molar-refractivity contribution is 6.23. The molecule has 186 valence electrons. The lowest BCUT2D eigenvalue weighted by molar-refractivity contribution is -0.136. The van der Waals surface area contributed by atoms with Crippen molar-refractivity contribution in [1.82, 2.24) is 19.6 Å². The predicted molar refractivity (Wildman–Crippen MR) is 135 cm³/mol. The van der Waals surface area contributed by atoms with Crippen molar-refractivity contribution < 1.29 is 19.2 Å². The maximum Gasteiger partial charge on any atom is 0.262 e. The van der Waals surface area contributed by atoms with Crippen LogP contribution in [0, 0.1) is 13.8 Å². The van der Waals surface area contributed by atoms with Gasteiger partial charge in [-0.15, -0.1) is 0 Å². The Morgan fingerprint density at radius 3 is 2.47 bits per heavy atom. The summed E-state index contributed by atoms with van der Waals surface area (Å²) < 4.78 is 2.08. The Kier molecular flexibility index (Phi) is 5.46. The number of carbonyl (C=O) groups is 4. The second-order valence-corrected chi connectivity index (χ2v) is 10.2. The molecule has 1 fully saturated rings. The van der Waals surface area contributed by atoms with E-state index in [1.54, 1.807) is 18.2 Å². The second kappa shape index (κ2) is 8.29. The normalized spacial score (nSPS) is 18.1. The van der Waals surface area contributed by atoms with Crippen molar-refractivity contribution in [2.24, 2.45) is 0 Å². The number of nitrogens with one attached hydrogen (secondary N) is 2. The van der Waals surface area contributed by atoms with Gasteiger partial charge in [0, 0.05) is 23.2 Å². The molecule has 1 aromatic carbocycles. The number of anilines is 1. The largest absolute Gasteiger partial charge is 0.364 e. The summed E-state index contributed by atoms with van der Waals surface area (Å²) >= 11 is 0. The van der Waals surface area contributed by atoms with Crippen LogP contribution in [-0.4, -0.2) is 49.5 Å². The van der Waals surface area contributed by atoms with Gasteiger partial charge in [-0.2, -0.15) is 0 Å². The molecule has 0 aliphatic carbocycles. The molecule has 3 aromatic rings. The first-order valence-electron chi connectivity index (χ1n) is 12.1. The van der Waals surface area contributed by atoms with Crippen LogP contribution in [0.3, 0.4) is 0 Å². The fourth-order valence-electron chi connectivity index (χ4n) is 4.73. The molecule has 2 N–H and O–H groups in total. The molecule has 2 aliphatic rings. The summed E-state index contributed by atoms with van der Waals surface area (Å²) in [5.41, 5.74) is 4.57. The van der Waals surface area contributed by atoms with Crippen LogP contribution in [0.4, 0.5) is 5.82 Å². The Labute approximate surface area is 208 Å². The first kappa shape index (κ1) is 23.7. The van der Waals surface area contributed by atoms with Crippen LogP contribution < -0.4 is 10.6 Å². The second-order valence-electron chi connectivity index (χ2n) is 10.2. The average molecular weight is 488 g/mol. The molecule has 4 heterocycles. The number of piperidine rings is 1. The minimum atomic E-state index is -0.998. The van der Waals surface area contributed by atoms with Crippen LogP contribution in [0.25, 0.3) is 16.9 Å². The van der Waals surface area contributed by atoms with E-state index in [4.69, 9.17) is 4.98 Å². The molecule has 9 heteroatoms. The molecule has 0 radical (unpaired) electrons. The lowest BCUT2D eigenvalue weighted by Crippen LogP contribution is -2.54. The lowest BCUT2D eigenvalue weighted by atomic mass is 10.0. The summed E-state index contributed by atoms with van der Waals surface area (Å²) in [5.74, 6) is -1.27. The van der Waals surface area contributed by atoms with E-state index in [1.807, 2.05) is 26.0 Å². The monoisotopic (exact) mass is 487 g/mol. The fourth-order valence-corrected chi connectivity index (χ4v) is 4.73. The van der Waals surface area contributed by atoms with Gasteiger partial charge in [-0.05, 0) is 64.3 Å². The molecular formula is C27H29N5O4. The summed E-state index contributed by atoms with van der Waals surface area (Å²) in [6, 6.07) is 8.07. The summed E-state index contributed by atoms with van der Waals surface area (Å²) in [6.45, 7) is 10.4. The quantitative estimate of drug-likeness (QED) is 0.532. The first-order valence-corrected chi connectivity index (χ1v) is 12.1. The van der Waals surface area contributed by atoms with Gasteiger partial charge in [-0.25, -0.2) is 4.98 Å². The van der Waals surface area contributed by atoms with Crippen LogP contribution >= 0.6 is 0 Å². The molecular weight excluding hydrogens is 458 g/mol. The Morgan fingerprint density at radius 2 is 1.78 bits per heavy atom. The number of nitrogens with zero attached hydrogens (tertiary/aromatic N) is 3. The van der Waals surface area contributed by atoms with Gasteiger partial charge >= 0.3 is 0 Å². The van der Waals surface area contributed by atoms with Gasteiger partial charge < -0.3 is 5.32 Å². The molecule has 4 amide bonds. The standard InChI is InChI=1S/C27H29N5O4/c1-6-27(4,5)30-23-22(28-20-11-7-14(2)15(3)31(20)23)16-8-9-17-18(13-16)26(36)32(25(17)35)19-10-12-21(33)29-24(19)34/h7-9,11,13,19,30H,6,10,12H2,1-5H3,(H,29,33,34). The number of benzene rings is 1. The Balaban J connectivity index is 1.61. The molecule has 0 bridgehead atoms. The zero-order valence-electron chi connectivity index (χ0n) is 21.1. The number of imidazole rings is 1. The number of aromatic nitrogens is 2. The number of imide groups is 2. The Morgan fingerprint density at radius 1 is 1.06 bits per heavy atom. The minimum absolute atomic E-state index is 0.0807. The van der Waals surface area contributed by atoms with Gasteiger partial charge in [0.05, 0.1) is 11.1 Å². The molecule has 0 saturated carbocycles. The van der Waals surface area contributed by atoms with E-state index in [9.17, 15) is 19.2 Å². The number of amides is 4. The van der Waals surface area contributed by atoms with Crippen molar-refractivity contribution >= 4 is 35.1 Å². The van der Waals surface area contributed by atoms with E-state index in [-0.39, 0.29) is 29.5 Å². The highest BCUT2D eigenvalue weighted by Crippen LogP contribution is 2.36. The first-order chi connectivity index (χ1) is 17.0. The van der Waals surface area contributed by atoms with Gasteiger partial charge in [-0.1, -0.05) is 19.1 Å². The maximum atomic E-state index is 13.3. The number of rotatable bonds is 5. The number of hydrogen-bond acceptors (Lipinski definition) is 6. The number of fused-ring (bicyclic) bond motifs is 2. The van der Waals surface area contributed by atoms with Crippen molar-refractivity contribution in [2.75, 3.05) is 5.32 Å². The highest BCUT2D eigenvalue weighted by atomic mass is 16.2. The summed E-state index contributed by atoms with van der Waals surface area (Å²) in [7, 11) is 0. The van der Waals surface area contributed by atoms with Crippen molar-refractivity contribution in [1.29, 1.82) is 0 Å². The van der Waals surface area contributed by atoms with Crippen molar-refractivity contribution in [2.45, 2.75) is 65.5 Å². The number of aryl methyl sites for hydroxylation is 2. The zero-order chi connectivity index (χ0) is 25.9. The third-order valence-electron chi connectivity index (χ3n) is 7.35. The van der Waals surface area contributed by atoms with Crippen LogP contribution in [-0.2, 0) is 9.59 Å². The van der Waals surface area contributed by atoms with Gasteiger partial charge in [0.25, 0.3) is 11.8 Å². The van der Waals surface area contributed by atoms with Crippen molar-refractivity contribution in [3.63, 3.8) is 0 Å². The van der Waals surface area contributed by atoms with Crippen LogP contribution in [0.2, 0.25) is 0 Å². The molecule has 2 aliphatic heterocycles. The zero-order valence-corrected chi connectivity index (χ0v) is 21.1. The van der Waals surface area contributed by atoms with Crippen LogP contribution in [0.1, 0.15) is 72.0 Å². The van der Waals surface area contributed by atoms with Gasteiger partial charge in [0.15, 0.2) is 0 Å². The van der Waals surface area contributed by atoms with Gasteiger partial charge in [0.2, 0.25) is 11.8 Å². The smallest absolute Gasteiger partial charge is 0.262 e. The SMILES string of the molecule is CCC(C)(C)Nc1c(-c2ccc3c(c2)C(=O)N(C2CCC(=O)NC2=O)C3=O)nc2ccc(C)c(C)n12. The molecule has 0 spiro atoms. The number of pyridine rings is 1. The van der Waals surface area contributed by atoms with Gasteiger partial charge in [0.1, 0.15) is 23.2 Å². The molecule has 1 unspecified atom stereocenters. The maximum absolute atomic E-state index is 13.3. The topological polar surface area (TPSA) is 113 Å². The predicted octanol–water partition coefficient (Wildman–Crippen LogP) is 3.62. The van der Waals surface area contributed by atoms with E-state index in [2.05, 4.69) is 35.8 Å². The summed E-state index contributed by atoms with van der Waals surface area (Å²) in [4.78, 5) is 56.3. The van der Waals surface area contributed by atoms with Crippen LogP contribution in [0.15, 0.2) is 30.3 Å². The lowest BCUT2D eigenvalue weighted by Gasteiger charge is -2.27. The Bertz CT molecular complexity index is 1470. The average Bonchev–Trinajstić information content (AvgIpc) is 3.31. The Hall–Kier alpha value is -4.01. The van der Waals surface area contributed by atoms with E-state index in [0.717, 1.165) is 34.0 Å². The van der Waals surface area contributed by atoms with E-state index < -0.39 is 29.7 Å². The van der Waals surface area contributed by atoms with Gasteiger partial charge in [-0.3, -0.25) is 33.8 Å². The molecule has 5 rings (SSSR count). The third-order valence-corrected chi connectivity index (χ3v) is 7.35. The number of carbonyl (C=O) groups excluding carboxylic acids is 4. The van der Waals surface area contributed by atoms with E-state index in [0.29, 0.717) is 11.3 Å². The molecule has 36 heavy (non-hydrogen) atoms. The molecule has 1 atom stereocenters. The number of hydrogen-bond donors (Lipinski definition) is 2. The highest BCUT2D eigenvalue weighted by Gasteiger charge is 2.44. The molecule has 1 saturated heterocycles. The molecule has 2 aromatic heterocycles. The minimum Gasteiger partial charge on any atom is -0.364 e. The summed E-state index contributed by atoms with van der Waals surface area (Å²) in [5, 5.41) is 5.86. The van der Waals surface area contributed by atoms with E-state index >= 15 is 0 Å².